The van der Waals surface area contributed by atoms with Gasteiger partial charge in [-0.1, -0.05) is 194 Å². The summed E-state index contributed by atoms with van der Waals surface area (Å²) in [5.74, 6) is 0.648. The molecule has 0 aliphatic heterocycles. The summed E-state index contributed by atoms with van der Waals surface area (Å²) >= 11 is 0. The monoisotopic (exact) mass is 957 g/mol. The lowest BCUT2D eigenvalue weighted by molar-refractivity contribution is 0.613. The van der Waals surface area contributed by atoms with Crippen molar-refractivity contribution >= 4 is 67.1 Å². The van der Waals surface area contributed by atoms with Crippen LogP contribution < -0.4 is 15.5 Å². The van der Waals surface area contributed by atoms with Crippen molar-refractivity contribution in [2.24, 2.45) is 0 Å². The van der Waals surface area contributed by atoms with Crippen LogP contribution in [0.4, 0.5) is 11.4 Å². The van der Waals surface area contributed by atoms with Gasteiger partial charge in [-0.15, -0.1) is 0 Å². The first kappa shape index (κ1) is 42.0. The van der Waals surface area contributed by atoms with Gasteiger partial charge in [-0.05, 0) is 119 Å². The highest BCUT2D eigenvalue weighted by atomic mass is 15.2. The topological polar surface area (TPSA) is 38.9 Å². The van der Waals surface area contributed by atoms with Crippen LogP contribution in [-0.2, 0) is 5.41 Å². The average molecular weight is 958 g/mol. The van der Waals surface area contributed by atoms with Gasteiger partial charge in [0.15, 0.2) is 0 Å². The normalized spacial score (nSPS) is 15.6. The van der Waals surface area contributed by atoms with E-state index in [2.05, 4.69) is 276 Å². The predicted octanol–water partition coefficient (Wildman–Crippen LogP) is 15.2. The zero-order chi connectivity index (χ0) is 49.4. The fourth-order valence-electron chi connectivity index (χ4n) is 13.6. The molecule has 1 spiro atoms. The first-order chi connectivity index (χ1) is 37.1. The second-order valence-electron chi connectivity index (χ2n) is 20.7. The highest BCUT2D eigenvalue weighted by molar-refractivity contribution is 6.10. The Labute approximate surface area is 433 Å². The van der Waals surface area contributed by atoms with Gasteiger partial charge in [-0.25, -0.2) is 9.97 Å². The van der Waals surface area contributed by atoms with Gasteiger partial charge >= 0.3 is 0 Å². The molecule has 0 saturated carbocycles. The minimum atomic E-state index is -0.603. The van der Waals surface area contributed by atoms with E-state index in [1.807, 2.05) is 0 Å². The van der Waals surface area contributed by atoms with Crippen molar-refractivity contribution in [2.45, 2.75) is 24.3 Å². The fraction of sp³-hybridized carbons (Fsp3) is 0.0571. The number of fused-ring (bicyclic) bond motifs is 17. The summed E-state index contributed by atoms with van der Waals surface area (Å²) in [5.41, 5.74) is 19.0. The molecule has 16 rings (SSSR count). The number of hydrogen-bond acceptors (Lipinski definition) is 3. The molecule has 3 heterocycles. The molecule has 0 bridgehead atoms. The number of hydrogen-bond donors (Lipinski definition) is 0. The molecule has 0 amide bonds. The van der Waals surface area contributed by atoms with E-state index in [0.29, 0.717) is 5.95 Å². The van der Waals surface area contributed by atoms with Crippen molar-refractivity contribution in [3.05, 3.63) is 275 Å². The molecular weight excluding hydrogens is 911 g/mol. The van der Waals surface area contributed by atoms with Crippen molar-refractivity contribution in [1.29, 1.82) is 0 Å². The third kappa shape index (κ3) is 5.83. The maximum Gasteiger partial charge on any atom is 0.235 e. The van der Waals surface area contributed by atoms with E-state index in [1.165, 1.54) is 71.4 Å². The molecule has 1 unspecified atom stereocenters. The van der Waals surface area contributed by atoms with E-state index in [9.17, 15) is 0 Å². The standard InChI is InChI=1S/C70H47N5/c1-69(41-40-56-54-28-13-19-35-64(54)74(66(56)44-69)68-71-62-33-17-11-29-57(62)67(72-68)45-20-4-2-5-21-45)75(48-37-39-55-53-27-12-18-34-63(53)73(65(55)43-48)46-22-6-3-7-23-46)47-36-38-52-51-26-10-16-32-60(51)70(61(52)42-47)58-30-14-8-24-49(58)50-25-9-15-31-59(50)70/h2-40,42-44H,41H2,1H3. The van der Waals surface area contributed by atoms with Crippen molar-refractivity contribution in [2.75, 3.05) is 4.90 Å². The van der Waals surface area contributed by atoms with Crippen LogP contribution >= 0.6 is 0 Å². The van der Waals surface area contributed by atoms with Crippen LogP contribution in [0.3, 0.4) is 0 Å². The van der Waals surface area contributed by atoms with Crippen LogP contribution in [0.25, 0.3) is 101 Å². The minimum Gasteiger partial charge on any atom is -0.332 e. The molecule has 0 saturated heterocycles. The Hall–Kier alpha value is -9.58. The lowest BCUT2D eigenvalue weighted by atomic mass is 9.70. The second kappa shape index (κ2) is 15.7. The first-order valence-electron chi connectivity index (χ1n) is 26.0. The van der Waals surface area contributed by atoms with Crippen LogP contribution in [0.1, 0.15) is 35.6 Å². The van der Waals surface area contributed by atoms with E-state index >= 15 is 0 Å². The second-order valence-corrected chi connectivity index (χ2v) is 20.7. The lowest BCUT2D eigenvalue weighted by Gasteiger charge is -2.42. The van der Waals surface area contributed by atoms with Gasteiger partial charge in [-0.3, -0.25) is 4.57 Å². The molecule has 0 radical (unpaired) electrons. The smallest absolute Gasteiger partial charge is 0.235 e. The quantitative estimate of drug-likeness (QED) is 0.167. The average Bonchev–Trinajstić information content (AvgIpc) is 4.20. The maximum absolute atomic E-state index is 5.51. The first-order valence-corrected chi connectivity index (χ1v) is 26.0. The number of para-hydroxylation sites is 4. The van der Waals surface area contributed by atoms with E-state index in [1.54, 1.807) is 0 Å². The molecular formula is C70H47N5. The molecule has 0 N–H and O–H groups in total. The van der Waals surface area contributed by atoms with Gasteiger partial charge in [0, 0.05) is 49.4 Å². The molecule has 3 aliphatic rings. The largest absolute Gasteiger partial charge is 0.332 e. The van der Waals surface area contributed by atoms with Crippen LogP contribution in [0.5, 0.6) is 0 Å². The molecule has 5 nitrogen and oxygen atoms in total. The van der Waals surface area contributed by atoms with Gasteiger partial charge in [0.1, 0.15) is 0 Å². The molecule has 1 atom stereocenters. The molecule has 5 heteroatoms. The van der Waals surface area contributed by atoms with Gasteiger partial charge in [-0.2, -0.15) is 0 Å². The van der Waals surface area contributed by atoms with Crippen molar-refractivity contribution in [1.82, 2.24) is 19.1 Å². The molecule has 13 aromatic rings. The molecule has 352 valence electrons. The Morgan fingerprint density at radius 2 is 0.960 bits per heavy atom. The molecule has 10 aromatic carbocycles. The Bertz CT molecular complexity index is 4600. The molecule has 0 fully saturated rings. The maximum atomic E-state index is 5.51. The number of aromatic nitrogens is 4. The summed E-state index contributed by atoms with van der Waals surface area (Å²) in [6, 6.07) is 89.0. The van der Waals surface area contributed by atoms with Gasteiger partial charge in [0.25, 0.3) is 0 Å². The van der Waals surface area contributed by atoms with E-state index in [-0.39, 0.29) is 0 Å². The highest BCUT2D eigenvalue weighted by Crippen LogP contribution is 2.63. The summed E-state index contributed by atoms with van der Waals surface area (Å²) in [6.45, 7) is 2.42. The summed E-state index contributed by atoms with van der Waals surface area (Å²) in [6.07, 6.45) is 5.72. The van der Waals surface area contributed by atoms with Crippen LogP contribution in [-0.4, -0.2) is 24.6 Å². The van der Waals surface area contributed by atoms with Crippen molar-refractivity contribution < 1.29 is 0 Å². The Kier molecular flexibility index (Phi) is 8.79. The SMILES string of the molecule is CC1(N(c2ccc3c(c2)C2(c4ccccc4-c4ccccc42)c2ccccc2-3)c2ccc3c4ccccc4n(-c4ccccc4)c3c2)C=c2c(c3ccccc3n2-c2nc(-c3ccccc3)c3ccccc3n2)=CC1. The van der Waals surface area contributed by atoms with Crippen LogP contribution in [0.2, 0.25) is 0 Å². The van der Waals surface area contributed by atoms with Gasteiger partial charge in [0.2, 0.25) is 5.95 Å². The van der Waals surface area contributed by atoms with E-state index in [4.69, 9.17) is 9.97 Å². The van der Waals surface area contributed by atoms with Gasteiger partial charge < -0.3 is 9.47 Å². The summed E-state index contributed by atoms with van der Waals surface area (Å²) < 4.78 is 4.75. The van der Waals surface area contributed by atoms with E-state index in [0.717, 1.165) is 62.0 Å². The summed E-state index contributed by atoms with van der Waals surface area (Å²) in [5, 5.41) is 6.93. The Morgan fingerprint density at radius 1 is 0.427 bits per heavy atom. The fourth-order valence-corrected chi connectivity index (χ4v) is 13.6. The third-order valence-corrected chi connectivity index (χ3v) is 16.6. The van der Waals surface area contributed by atoms with Crippen LogP contribution in [0.15, 0.2) is 243 Å². The lowest BCUT2D eigenvalue weighted by Crippen LogP contribution is -2.48. The minimum absolute atomic E-state index is 0.503. The number of benzene rings is 10. The molecule has 75 heavy (non-hydrogen) atoms. The van der Waals surface area contributed by atoms with Crippen molar-refractivity contribution in [3.63, 3.8) is 0 Å². The summed E-state index contributed by atoms with van der Waals surface area (Å²) in [4.78, 5) is 13.5. The van der Waals surface area contributed by atoms with Crippen LogP contribution in [0, 0.1) is 0 Å². The Morgan fingerprint density at radius 3 is 1.67 bits per heavy atom. The van der Waals surface area contributed by atoms with Crippen molar-refractivity contribution in [3.8, 4) is 45.1 Å². The zero-order valence-electron chi connectivity index (χ0n) is 41.2. The number of nitrogens with zero attached hydrogens (tertiary/aromatic N) is 5. The Balaban J connectivity index is 0.987. The molecule has 3 aliphatic carbocycles. The number of rotatable bonds is 6. The summed E-state index contributed by atoms with van der Waals surface area (Å²) in [7, 11) is 0. The third-order valence-electron chi connectivity index (χ3n) is 16.6. The highest BCUT2D eigenvalue weighted by Gasteiger charge is 2.52. The molecule has 3 aromatic heterocycles. The van der Waals surface area contributed by atoms with E-state index < -0.39 is 11.0 Å². The zero-order valence-corrected chi connectivity index (χ0v) is 41.2. The number of anilines is 2. The predicted molar refractivity (Wildman–Crippen MR) is 309 cm³/mol. The van der Waals surface area contributed by atoms with Gasteiger partial charge in [0.05, 0.1) is 44.1 Å².